The van der Waals surface area contributed by atoms with Crippen LogP contribution >= 0.6 is 0 Å². The Hall–Kier alpha value is -2.42. The lowest BCUT2D eigenvalue weighted by Crippen LogP contribution is -2.01. The normalized spacial score (nSPS) is 10.8. The fraction of sp³-hybridized carbons (Fsp3) is 0.167. The van der Waals surface area contributed by atoms with Gasteiger partial charge in [-0.15, -0.1) is 0 Å². The molecular weight excluding hydrogens is 263 g/mol. The molecule has 1 N–H and O–H groups in total. The summed E-state index contributed by atoms with van der Waals surface area (Å²) in [4.78, 5) is 4.50. The van der Waals surface area contributed by atoms with Gasteiger partial charge in [-0.2, -0.15) is 0 Å². The lowest BCUT2D eigenvalue weighted by molar-refractivity contribution is 0.627. The molecule has 106 valence electrons. The second-order valence-corrected chi connectivity index (χ2v) is 5.29. The third-order valence-electron chi connectivity index (χ3n) is 3.56. The molecule has 0 atom stereocenters. The second-order valence-electron chi connectivity index (χ2n) is 5.29. The molecule has 0 aliphatic heterocycles. The molecule has 3 heteroatoms. The predicted molar refractivity (Wildman–Crippen MR) is 84.9 cm³/mol. The van der Waals surface area contributed by atoms with E-state index in [1.165, 1.54) is 17.7 Å². The number of hydrogen-bond acceptors (Lipinski definition) is 2. The average molecular weight is 280 g/mol. The first-order valence-corrected chi connectivity index (χ1v) is 6.98. The molecule has 0 fully saturated rings. The summed E-state index contributed by atoms with van der Waals surface area (Å²) in [6.07, 6.45) is 0. The van der Waals surface area contributed by atoms with Crippen molar-refractivity contribution in [3.05, 3.63) is 71.2 Å². The molecule has 0 radical (unpaired) electrons. The summed E-state index contributed by atoms with van der Waals surface area (Å²) in [6.45, 7) is 4.60. The monoisotopic (exact) mass is 280 g/mol. The van der Waals surface area contributed by atoms with E-state index in [4.69, 9.17) is 0 Å². The lowest BCUT2D eigenvalue weighted by atomic mass is 10.1. The minimum absolute atomic E-state index is 0.204. The van der Waals surface area contributed by atoms with Crippen LogP contribution in [-0.4, -0.2) is 4.98 Å². The van der Waals surface area contributed by atoms with E-state index in [1.807, 2.05) is 26.0 Å². The van der Waals surface area contributed by atoms with Crippen LogP contribution in [0.4, 0.5) is 10.1 Å². The maximum atomic E-state index is 13.1. The van der Waals surface area contributed by atoms with Crippen molar-refractivity contribution >= 4 is 16.6 Å². The van der Waals surface area contributed by atoms with E-state index in [-0.39, 0.29) is 5.82 Å². The van der Waals surface area contributed by atoms with E-state index in [2.05, 4.69) is 28.5 Å². The zero-order valence-electron chi connectivity index (χ0n) is 12.2. The van der Waals surface area contributed by atoms with Gasteiger partial charge in [0.25, 0.3) is 0 Å². The van der Waals surface area contributed by atoms with E-state index in [0.717, 1.165) is 27.8 Å². The Labute approximate surface area is 123 Å². The first kappa shape index (κ1) is 13.6. The van der Waals surface area contributed by atoms with E-state index in [1.54, 1.807) is 6.07 Å². The van der Waals surface area contributed by atoms with E-state index in [9.17, 15) is 4.39 Å². The highest BCUT2D eigenvalue weighted by atomic mass is 19.1. The highest BCUT2D eigenvalue weighted by Crippen LogP contribution is 2.19. The predicted octanol–water partition coefficient (Wildman–Crippen LogP) is 4.60. The van der Waals surface area contributed by atoms with Crippen molar-refractivity contribution in [2.45, 2.75) is 20.4 Å². The van der Waals surface area contributed by atoms with Gasteiger partial charge >= 0.3 is 0 Å². The summed E-state index contributed by atoms with van der Waals surface area (Å²) in [6, 6.07) is 15.1. The van der Waals surface area contributed by atoms with Crippen LogP contribution in [-0.2, 0) is 6.54 Å². The molecule has 0 spiro atoms. The van der Waals surface area contributed by atoms with E-state index in [0.29, 0.717) is 6.54 Å². The number of hydrogen-bond donors (Lipinski definition) is 1. The Bertz CT molecular complexity index is 796. The van der Waals surface area contributed by atoms with Crippen LogP contribution in [0.15, 0.2) is 48.5 Å². The van der Waals surface area contributed by atoms with Crippen LogP contribution < -0.4 is 5.32 Å². The number of aromatic nitrogens is 1. The van der Waals surface area contributed by atoms with Crippen LogP contribution in [0.25, 0.3) is 10.9 Å². The zero-order valence-corrected chi connectivity index (χ0v) is 12.2. The molecule has 0 saturated carbocycles. The van der Waals surface area contributed by atoms with Gasteiger partial charge in [-0.3, -0.25) is 4.98 Å². The van der Waals surface area contributed by atoms with Gasteiger partial charge < -0.3 is 5.32 Å². The Balaban J connectivity index is 1.80. The number of anilines is 1. The molecule has 0 amide bonds. The average Bonchev–Trinajstić information content (AvgIpc) is 2.46. The van der Waals surface area contributed by atoms with Gasteiger partial charge in [0.2, 0.25) is 0 Å². The molecule has 21 heavy (non-hydrogen) atoms. The highest BCUT2D eigenvalue weighted by molar-refractivity contribution is 5.79. The number of nitrogens with zero attached hydrogens (tertiary/aromatic N) is 1. The summed E-state index contributed by atoms with van der Waals surface area (Å²) in [5.41, 5.74) is 5.08. The van der Waals surface area contributed by atoms with E-state index < -0.39 is 0 Å². The Morgan fingerprint density at radius 1 is 1.00 bits per heavy atom. The van der Waals surface area contributed by atoms with Gasteiger partial charge in [-0.1, -0.05) is 12.1 Å². The van der Waals surface area contributed by atoms with Crippen LogP contribution in [0, 0.1) is 19.7 Å². The van der Waals surface area contributed by atoms with Gasteiger partial charge in [0.1, 0.15) is 5.82 Å². The van der Waals surface area contributed by atoms with Crippen molar-refractivity contribution in [1.29, 1.82) is 0 Å². The topological polar surface area (TPSA) is 24.9 Å². The number of rotatable bonds is 3. The van der Waals surface area contributed by atoms with Gasteiger partial charge in [-0.05, 0) is 61.4 Å². The molecule has 0 bridgehead atoms. The molecule has 1 heterocycles. The molecule has 0 saturated heterocycles. The maximum Gasteiger partial charge on any atom is 0.123 e. The van der Waals surface area contributed by atoms with Crippen molar-refractivity contribution < 1.29 is 4.39 Å². The molecule has 0 aliphatic rings. The maximum absolute atomic E-state index is 13.1. The summed E-state index contributed by atoms with van der Waals surface area (Å²) in [5, 5.41) is 4.48. The largest absolute Gasteiger partial charge is 0.381 e. The van der Waals surface area contributed by atoms with Gasteiger partial charge in [0.05, 0.1) is 5.52 Å². The lowest BCUT2D eigenvalue weighted by Gasteiger charge is -2.10. The highest BCUT2D eigenvalue weighted by Gasteiger charge is 2.02. The first-order valence-electron chi connectivity index (χ1n) is 6.98. The van der Waals surface area contributed by atoms with Crippen molar-refractivity contribution in [1.82, 2.24) is 4.98 Å². The van der Waals surface area contributed by atoms with Crippen LogP contribution in [0.1, 0.15) is 16.8 Å². The van der Waals surface area contributed by atoms with Crippen molar-refractivity contribution in [2.75, 3.05) is 5.32 Å². The summed E-state index contributed by atoms with van der Waals surface area (Å²) < 4.78 is 13.1. The fourth-order valence-electron chi connectivity index (χ4n) is 2.41. The van der Waals surface area contributed by atoms with Gasteiger partial charge in [0, 0.05) is 23.3 Å². The molecule has 2 nitrogen and oxygen atoms in total. The fourth-order valence-corrected chi connectivity index (χ4v) is 2.41. The van der Waals surface area contributed by atoms with E-state index >= 15 is 0 Å². The summed E-state index contributed by atoms with van der Waals surface area (Å²) in [5.74, 6) is -0.204. The Morgan fingerprint density at radius 2 is 1.86 bits per heavy atom. The molecule has 1 aromatic heterocycles. The smallest absolute Gasteiger partial charge is 0.123 e. The van der Waals surface area contributed by atoms with Crippen LogP contribution in [0.3, 0.4) is 0 Å². The molecule has 2 aromatic carbocycles. The quantitative estimate of drug-likeness (QED) is 0.758. The SMILES string of the molecule is Cc1ccc2cc(CNc3ccc(F)cc3C)ccc2n1. The minimum atomic E-state index is -0.204. The number of fused-ring (bicyclic) bond motifs is 1. The van der Waals surface area contributed by atoms with Gasteiger partial charge in [-0.25, -0.2) is 4.39 Å². The van der Waals surface area contributed by atoms with Crippen molar-refractivity contribution in [3.8, 4) is 0 Å². The van der Waals surface area contributed by atoms with Crippen molar-refractivity contribution in [3.63, 3.8) is 0 Å². The minimum Gasteiger partial charge on any atom is -0.381 e. The number of benzene rings is 2. The second kappa shape index (κ2) is 5.52. The number of nitrogens with one attached hydrogen (secondary N) is 1. The summed E-state index contributed by atoms with van der Waals surface area (Å²) >= 11 is 0. The first-order chi connectivity index (χ1) is 10.1. The third kappa shape index (κ3) is 3.02. The molecule has 0 unspecified atom stereocenters. The van der Waals surface area contributed by atoms with Crippen molar-refractivity contribution in [2.24, 2.45) is 0 Å². The Kier molecular flexibility index (Phi) is 3.57. The van der Waals surface area contributed by atoms with Crippen LogP contribution in [0.2, 0.25) is 0 Å². The Morgan fingerprint density at radius 3 is 2.67 bits per heavy atom. The number of pyridine rings is 1. The number of aryl methyl sites for hydroxylation is 2. The zero-order chi connectivity index (χ0) is 14.8. The summed E-state index contributed by atoms with van der Waals surface area (Å²) in [7, 11) is 0. The van der Waals surface area contributed by atoms with Crippen LogP contribution in [0.5, 0.6) is 0 Å². The number of halogens is 1. The molecular formula is C18H17FN2. The molecule has 3 aromatic rings. The molecule has 3 rings (SSSR count). The third-order valence-corrected chi connectivity index (χ3v) is 3.56. The standard InChI is InChI=1S/C18H17FN2/c1-12-9-16(19)6-8-17(12)20-11-14-4-7-18-15(10-14)5-3-13(2)21-18/h3-10,20H,11H2,1-2H3. The molecule has 0 aliphatic carbocycles. The van der Waals surface area contributed by atoms with Gasteiger partial charge in [0.15, 0.2) is 0 Å².